The lowest BCUT2D eigenvalue weighted by molar-refractivity contribution is 0.0752. The molecule has 1 amide bonds. The SMILES string of the molecule is COc1ccc(N)c(C(=O)N2Cc3ccccc3C2)c1. The molecule has 0 atom stereocenters. The van der Waals surface area contributed by atoms with Gasteiger partial charge in [0, 0.05) is 18.8 Å². The van der Waals surface area contributed by atoms with Crippen molar-refractivity contribution in [3.05, 3.63) is 59.2 Å². The van der Waals surface area contributed by atoms with E-state index in [2.05, 4.69) is 12.1 Å². The summed E-state index contributed by atoms with van der Waals surface area (Å²) in [6.45, 7) is 1.26. The van der Waals surface area contributed by atoms with E-state index in [1.807, 2.05) is 12.1 Å². The third-order valence-electron chi connectivity index (χ3n) is 3.62. The number of hydrogen-bond acceptors (Lipinski definition) is 3. The lowest BCUT2D eigenvalue weighted by Gasteiger charge is -2.17. The molecule has 0 bridgehead atoms. The van der Waals surface area contributed by atoms with E-state index in [1.165, 1.54) is 11.1 Å². The quantitative estimate of drug-likeness (QED) is 0.851. The molecule has 0 aromatic heterocycles. The number of nitrogen functional groups attached to an aromatic ring is 1. The third kappa shape index (κ3) is 2.09. The van der Waals surface area contributed by atoms with Gasteiger partial charge in [0.25, 0.3) is 5.91 Å². The molecule has 0 unspecified atom stereocenters. The van der Waals surface area contributed by atoms with E-state index in [-0.39, 0.29) is 5.91 Å². The van der Waals surface area contributed by atoms with Crippen molar-refractivity contribution >= 4 is 11.6 Å². The van der Waals surface area contributed by atoms with Crippen LogP contribution < -0.4 is 10.5 Å². The maximum Gasteiger partial charge on any atom is 0.256 e. The highest BCUT2D eigenvalue weighted by Gasteiger charge is 2.25. The topological polar surface area (TPSA) is 55.6 Å². The Balaban J connectivity index is 1.88. The average molecular weight is 268 g/mol. The van der Waals surface area contributed by atoms with Gasteiger partial charge in [-0.15, -0.1) is 0 Å². The van der Waals surface area contributed by atoms with Crippen LogP contribution in [0.2, 0.25) is 0 Å². The molecular weight excluding hydrogens is 252 g/mol. The van der Waals surface area contributed by atoms with Gasteiger partial charge in [-0.05, 0) is 29.3 Å². The molecule has 2 aromatic rings. The van der Waals surface area contributed by atoms with Crippen LogP contribution in [0.5, 0.6) is 5.75 Å². The summed E-state index contributed by atoms with van der Waals surface area (Å²) < 4.78 is 5.16. The molecule has 4 nitrogen and oxygen atoms in total. The Kier molecular flexibility index (Phi) is 3.06. The van der Waals surface area contributed by atoms with Crippen molar-refractivity contribution < 1.29 is 9.53 Å². The molecule has 0 aliphatic carbocycles. The number of fused-ring (bicyclic) bond motifs is 1. The van der Waals surface area contributed by atoms with E-state index in [1.54, 1.807) is 30.2 Å². The van der Waals surface area contributed by atoms with Gasteiger partial charge in [0.15, 0.2) is 0 Å². The van der Waals surface area contributed by atoms with Crippen molar-refractivity contribution in [2.24, 2.45) is 0 Å². The molecule has 20 heavy (non-hydrogen) atoms. The second-order valence-corrected chi connectivity index (χ2v) is 4.88. The van der Waals surface area contributed by atoms with Crippen LogP contribution in [0.1, 0.15) is 21.5 Å². The molecule has 2 N–H and O–H groups in total. The summed E-state index contributed by atoms with van der Waals surface area (Å²) in [4.78, 5) is 14.4. The van der Waals surface area contributed by atoms with Gasteiger partial charge in [0.2, 0.25) is 0 Å². The average Bonchev–Trinajstić information content (AvgIpc) is 2.91. The fraction of sp³-hybridized carbons (Fsp3) is 0.188. The summed E-state index contributed by atoms with van der Waals surface area (Å²) in [6, 6.07) is 13.2. The predicted octanol–water partition coefficient (Wildman–Crippen LogP) is 2.43. The zero-order valence-corrected chi connectivity index (χ0v) is 11.3. The minimum atomic E-state index is -0.0578. The van der Waals surface area contributed by atoms with E-state index < -0.39 is 0 Å². The van der Waals surface area contributed by atoms with Crippen LogP contribution in [0.15, 0.2) is 42.5 Å². The Morgan fingerprint density at radius 1 is 1.15 bits per heavy atom. The normalized spacial score (nSPS) is 13.2. The van der Waals surface area contributed by atoms with E-state index in [0.717, 1.165) is 0 Å². The van der Waals surface area contributed by atoms with Gasteiger partial charge >= 0.3 is 0 Å². The van der Waals surface area contributed by atoms with Crippen LogP contribution in [0, 0.1) is 0 Å². The zero-order chi connectivity index (χ0) is 14.1. The number of rotatable bonds is 2. The van der Waals surface area contributed by atoms with Crippen molar-refractivity contribution in [3.8, 4) is 5.75 Å². The minimum Gasteiger partial charge on any atom is -0.497 e. The highest BCUT2D eigenvalue weighted by molar-refractivity contribution is 5.99. The molecule has 0 spiro atoms. The first-order valence-electron chi connectivity index (χ1n) is 6.48. The van der Waals surface area contributed by atoms with Gasteiger partial charge in [-0.25, -0.2) is 0 Å². The predicted molar refractivity (Wildman–Crippen MR) is 77.4 cm³/mol. The fourth-order valence-corrected chi connectivity index (χ4v) is 2.49. The highest BCUT2D eigenvalue weighted by atomic mass is 16.5. The molecule has 1 aliphatic rings. The van der Waals surface area contributed by atoms with Crippen LogP contribution in [0.3, 0.4) is 0 Å². The number of anilines is 1. The van der Waals surface area contributed by atoms with Crippen LogP contribution in [0.4, 0.5) is 5.69 Å². The van der Waals surface area contributed by atoms with Crippen LogP contribution in [0.25, 0.3) is 0 Å². The first-order chi connectivity index (χ1) is 9.69. The monoisotopic (exact) mass is 268 g/mol. The Labute approximate surface area is 117 Å². The lowest BCUT2D eigenvalue weighted by Crippen LogP contribution is -2.26. The van der Waals surface area contributed by atoms with Crippen LogP contribution in [-0.4, -0.2) is 17.9 Å². The fourth-order valence-electron chi connectivity index (χ4n) is 2.49. The molecule has 0 saturated carbocycles. The van der Waals surface area contributed by atoms with Gasteiger partial charge in [0.1, 0.15) is 5.75 Å². The summed E-state index contributed by atoms with van der Waals surface area (Å²) >= 11 is 0. The molecule has 0 fully saturated rings. The smallest absolute Gasteiger partial charge is 0.256 e. The summed E-state index contributed by atoms with van der Waals surface area (Å²) in [5.41, 5.74) is 9.28. The molecule has 0 radical (unpaired) electrons. The zero-order valence-electron chi connectivity index (χ0n) is 11.3. The summed E-state index contributed by atoms with van der Waals surface area (Å²) in [5, 5.41) is 0. The van der Waals surface area contributed by atoms with E-state index in [0.29, 0.717) is 30.1 Å². The summed E-state index contributed by atoms with van der Waals surface area (Å²) in [6.07, 6.45) is 0. The highest BCUT2D eigenvalue weighted by Crippen LogP contribution is 2.27. The Bertz CT molecular complexity index is 642. The number of ether oxygens (including phenoxy) is 1. The number of carbonyl (C=O) groups excluding carboxylic acids is 1. The van der Waals surface area contributed by atoms with E-state index in [9.17, 15) is 4.79 Å². The lowest BCUT2D eigenvalue weighted by atomic mass is 10.1. The molecule has 0 saturated heterocycles. The van der Waals surface area contributed by atoms with Crippen molar-refractivity contribution in [2.75, 3.05) is 12.8 Å². The van der Waals surface area contributed by atoms with Gasteiger partial charge in [-0.3, -0.25) is 4.79 Å². The number of benzene rings is 2. The molecule has 2 aromatic carbocycles. The Hall–Kier alpha value is -2.49. The maximum absolute atomic E-state index is 12.6. The van der Waals surface area contributed by atoms with Crippen molar-refractivity contribution in [3.63, 3.8) is 0 Å². The Morgan fingerprint density at radius 3 is 2.40 bits per heavy atom. The minimum absolute atomic E-state index is 0.0578. The van der Waals surface area contributed by atoms with E-state index in [4.69, 9.17) is 10.5 Å². The summed E-state index contributed by atoms with van der Waals surface area (Å²) in [5.74, 6) is 0.580. The number of nitrogens with two attached hydrogens (primary N) is 1. The van der Waals surface area contributed by atoms with Crippen molar-refractivity contribution in [1.82, 2.24) is 4.90 Å². The first-order valence-corrected chi connectivity index (χ1v) is 6.48. The molecule has 1 heterocycles. The first kappa shape index (κ1) is 12.5. The van der Waals surface area contributed by atoms with E-state index >= 15 is 0 Å². The molecular formula is C16H16N2O2. The van der Waals surface area contributed by atoms with Crippen molar-refractivity contribution in [1.29, 1.82) is 0 Å². The summed E-state index contributed by atoms with van der Waals surface area (Å²) in [7, 11) is 1.57. The number of nitrogens with zero attached hydrogens (tertiary/aromatic N) is 1. The third-order valence-corrected chi connectivity index (χ3v) is 3.62. The standard InChI is InChI=1S/C16H16N2O2/c1-20-13-6-7-15(17)14(8-13)16(19)18-9-11-4-2-3-5-12(11)10-18/h2-8H,9-10,17H2,1H3. The van der Waals surface area contributed by atoms with Gasteiger partial charge in [-0.1, -0.05) is 24.3 Å². The van der Waals surface area contributed by atoms with Crippen molar-refractivity contribution in [2.45, 2.75) is 13.1 Å². The number of methoxy groups -OCH3 is 1. The second-order valence-electron chi connectivity index (χ2n) is 4.88. The van der Waals surface area contributed by atoms with Gasteiger partial charge in [-0.2, -0.15) is 0 Å². The van der Waals surface area contributed by atoms with Crippen LogP contribution in [-0.2, 0) is 13.1 Å². The largest absolute Gasteiger partial charge is 0.497 e. The number of hydrogen-bond donors (Lipinski definition) is 1. The van der Waals surface area contributed by atoms with Gasteiger partial charge in [0.05, 0.1) is 12.7 Å². The molecule has 3 rings (SSSR count). The Morgan fingerprint density at radius 2 is 1.80 bits per heavy atom. The maximum atomic E-state index is 12.6. The number of carbonyl (C=O) groups is 1. The van der Waals surface area contributed by atoms with Gasteiger partial charge < -0.3 is 15.4 Å². The molecule has 4 heteroatoms. The number of amides is 1. The molecule has 1 aliphatic heterocycles. The molecule has 102 valence electrons. The van der Waals surface area contributed by atoms with Crippen LogP contribution >= 0.6 is 0 Å². The second kappa shape index (κ2) is 4.89.